The lowest BCUT2D eigenvalue weighted by molar-refractivity contribution is -0.121. The molecule has 1 aliphatic heterocycles. The average Bonchev–Trinajstić information content (AvgIpc) is 2.33. The highest BCUT2D eigenvalue weighted by Gasteiger charge is 2.34. The van der Waals surface area contributed by atoms with E-state index in [1.54, 1.807) is 0 Å². The number of carbonyl (C=O) groups is 1. The van der Waals surface area contributed by atoms with E-state index >= 15 is 0 Å². The molecule has 3 N–H and O–H groups in total. The predicted octanol–water partition coefficient (Wildman–Crippen LogP) is 1.91. The largest absolute Gasteiger partial charge is 0.368 e. The normalized spacial score (nSPS) is 43.3. The molecule has 2 fully saturated rings. The maximum absolute atomic E-state index is 11.3. The molecule has 1 aliphatic carbocycles. The lowest BCUT2D eigenvalue weighted by Gasteiger charge is -2.40. The van der Waals surface area contributed by atoms with Crippen LogP contribution in [0.15, 0.2) is 0 Å². The molecule has 0 aromatic carbocycles. The van der Waals surface area contributed by atoms with Gasteiger partial charge in [0.15, 0.2) is 0 Å². The first kappa shape index (κ1) is 12.9. The summed E-state index contributed by atoms with van der Waals surface area (Å²) in [6.45, 7) is 5.71. The van der Waals surface area contributed by atoms with Crippen molar-refractivity contribution in [3.8, 4) is 0 Å². The topological polar surface area (TPSA) is 55.1 Å². The van der Waals surface area contributed by atoms with Crippen LogP contribution in [0.3, 0.4) is 0 Å². The molecular formula is C14H26N2O. The minimum absolute atomic E-state index is 0.0802. The van der Waals surface area contributed by atoms with Crippen molar-refractivity contribution in [2.24, 2.45) is 29.4 Å². The van der Waals surface area contributed by atoms with Crippen molar-refractivity contribution in [3.05, 3.63) is 0 Å². The monoisotopic (exact) mass is 238 g/mol. The Balaban J connectivity index is 1.91. The fraction of sp³-hybridized carbons (Fsp3) is 0.929. The van der Waals surface area contributed by atoms with Gasteiger partial charge >= 0.3 is 0 Å². The van der Waals surface area contributed by atoms with Gasteiger partial charge in [-0.1, -0.05) is 20.3 Å². The third-order valence-electron chi connectivity index (χ3n) is 5.09. The second-order valence-electron chi connectivity index (χ2n) is 6.22. The van der Waals surface area contributed by atoms with E-state index in [0.29, 0.717) is 5.92 Å². The summed E-state index contributed by atoms with van der Waals surface area (Å²) in [4.78, 5) is 11.3. The Kier molecular flexibility index (Phi) is 4.08. The average molecular weight is 238 g/mol. The van der Waals surface area contributed by atoms with Crippen LogP contribution in [0.25, 0.3) is 0 Å². The summed E-state index contributed by atoms with van der Waals surface area (Å²) in [6, 6.07) is -0.0802. The lowest BCUT2D eigenvalue weighted by Crippen LogP contribution is -2.48. The van der Waals surface area contributed by atoms with Crippen LogP contribution < -0.4 is 11.1 Å². The van der Waals surface area contributed by atoms with Crippen molar-refractivity contribution in [3.63, 3.8) is 0 Å². The summed E-state index contributed by atoms with van der Waals surface area (Å²) in [6.07, 6.45) is 6.23. The smallest absolute Gasteiger partial charge is 0.234 e. The van der Waals surface area contributed by atoms with Crippen LogP contribution in [0.1, 0.15) is 46.0 Å². The van der Waals surface area contributed by atoms with E-state index in [9.17, 15) is 4.79 Å². The zero-order chi connectivity index (χ0) is 12.4. The number of hydrogen-bond acceptors (Lipinski definition) is 2. The predicted molar refractivity (Wildman–Crippen MR) is 69.4 cm³/mol. The first-order chi connectivity index (χ1) is 8.08. The number of carbonyl (C=O) groups excluding carboxylic acids is 1. The molecule has 3 nitrogen and oxygen atoms in total. The number of nitrogens with two attached hydrogens (primary N) is 1. The standard InChI is InChI=1S/C14H26N2O/c1-9-3-4-11(7-10(9)2)12-5-6-16-13(8-12)14(15)17/h9-13,16H,3-8H2,1-2H3,(H2,15,17). The zero-order valence-electron chi connectivity index (χ0n) is 11.1. The fourth-order valence-corrected chi connectivity index (χ4v) is 3.61. The van der Waals surface area contributed by atoms with Crippen LogP contribution in [-0.4, -0.2) is 18.5 Å². The highest BCUT2D eigenvalue weighted by molar-refractivity contribution is 5.79. The molecule has 1 amide bonds. The molecule has 0 radical (unpaired) electrons. The van der Waals surface area contributed by atoms with E-state index in [2.05, 4.69) is 19.2 Å². The van der Waals surface area contributed by atoms with Gasteiger partial charge in [-0.15, -0.1) is 0 Å². The summed E-state index contributed by atoms with van der Waals surface area (Å²) < 4.78 is 0. The summed E-state index contributed by atoms with van der Waals surface area (Å²) in [7, 11) is 0. The molecule has 98 valence electrons. The second kappa shape index (κ2) is 5.38. The van der Waals surface area contributed by atoms with Gasteiger partial charge < -0.3 is 11.1 Å². The molecule has 2 rings (SSSR count). The Morgan fingerprint density at radius 1 is 1.06 bits per heavy atom. The van der Waals surface area contributed by atoms with E-state index in [-0.39, 0.29) is 11.9 Å². The molecule has 0 bridgehead atoms. The first-order valence-corrected chi connectivity index (χ1v) is 7.10. The van der Waals surface area contributed by atoms with Crippen LogP contribution in [0.5, 0.6) is 0 Å². The number of nitrogens with one attached hydrogen (secondary N) is 1. The van der Waals surface area contributed by atoms with Crippen molar-refractivity contribution in [2.45, 2.75) is 52.0 Å². The lowest BCUT2D eigenvalue weighted by atomic mass is 9.68. The van der Waals surface area contributed by atoms with Crippen LogP contribution in [0, 0.1) is 23.7 Å². The Morgan fingerprint density at radius 2 is 1.76 bits per heavy atom. The Morgan fingerprint density at radius 3 is 2.41 bits per heavy atom. The SMILES string of the molecule is CC1CCC(C2CCNC(C(N)=O)C2)CC1C. The van der Waals surface area contributed by atoms with Gasteiger partial charge in [0.05, 0.1) is 6.04 Å². The van der Waals surface area contributed by atoms with Gasteiger partial charge in [-0.2, -0.15) is 0 Å². The summed E-state index contributed by atoms with van der Waals surface area (Å²) in [5.41, 5.74) is 5.41. The number of rotatable bonds is 2. The minimum Gasteiger partial charge on any atom is -0.368 e. The zero-order valence-corrected chi connectivity index (χ0v) is 11.1. The Hall–Kier alpha value is -0.570. The molecule has 1 heterocycles. The maximum Gasteiger partial charge on any atom is 0.234 e. The Bertz CT molecular complexity index is 279. The van der Waals surface area contributed by atoms with Crippen molar-refractivity contribution < 1.29 is 4.79 Å². The maximum atomic E-state index is 11.3. The highest BCUT2D eigenvalue weighted by atomic mass is 16.1. The molecule has 5 atom stereocenters. The van der Waals surface area contributed by atoms with Gasteiger partial charge in [0.1, 0.15) is 0 Å². The molecule has 0 spiro atoms. The van der Waals surface area contributed by atoms with Crippen molar-refractivity contribution in [1.82, 2.24) is 5.32 Å². The van der Waals surface area contributed by atoms with E-state index in [0.717, 1.165) is 30.7 Å². The van der Waals surface area contributed by atoms with E-state index in [1.165, 1.54) is 25.7 Å². The van der Waals surface area contributed by atoms with E-state index in [4.69, 9.17) is 5.73 Å². The van der Waals surface area contributed by atoms with Gasteiger partial charge in [-0.25, -0.2) is 0 Å². The molecule has 0 aromatic heterocycles. The van der Waals surface area contributed by atoms with Crippen LogP contribution in [0.4, 0.5) is 0 Å². The van der Waals surface area contributed by atoms with Gasteiger partial charge in [0, 0.05) is 0 Å². The quantitative estimate of drug-likeness (QED) is 0.772. The van der Waals surface area contributed by atoms with Crippen molar-refractivity contribution >= 4 is 5.91 Å². The van der Waals surface area contributed by atoms with Gasteiger partial charge in [0.25, 0.3) is 0 Å². The molecule has 1 saturated heterocycles. The molecule has 5 unspecified atom stereocenters. The molecule has 2 aliphatic rings. The third-order valence-corrected chi connectivity index (χ3v) is 5.09. The van der Waals surface area contributed by atoms with E-state index in [1.807, 2.05) is 0 Å². The van der Waals surface area contributed by atoms with Crippen LogP contribution in [0.2, 0.25) is 0 Å². The number of primary amides is 1. The summed E-state index contributed by atoms with van der Waals surface area (Å²) >= 11 is 0. The van der Waals surface area contributed by atoms with E-state index < -0.39 is 0 Å². The van der Waals surface area contributed by atoms with Crippen LogP contribution in [-0.2, 0) is 4.79 Å². The number of amides is 1. The molecule has 1 saturated carbocycles. The van der Waals surface area contributed by atoms with Gasteiger partial charge in [0.2, 0.25) is 5.91 Å². The number of piperidine rings is 1. The number of hydrogen-bond donors (Lipinski definition) is 2. The Labute approximate surface area is 105 Å². The molecule has 17 heavy (non-hydrogen) atoms. The minimum atomic E-state index is -0.174. The van der Waals surface area contributed by atoms with Gasteiger partial charge in [-0.3, -0.25) is 4.79 Å². The van der Waals surface area contributed by atoms with Crippen LogP contribution >= 0.6 is 0 Å². The molecule has 0 aromatic rings. The first-order valence-electron chi connectivity index (χ1n) is 7.10. The van der Waals surface area contributed by atoms with Crippen molar-refractivity contribution in [1.29, 1.82) is 0 Å². The second-order valence-corrected chi connectivity index (χ2v) is 6.22. The molecular weight excluding hydrogens is 212 g/mol. The summed E-state index contributed by atoms with van der Waals surface area (Å²) in [5, 5.41) is 3.23. The fourth-order valence-electron chi connectivity index (χ4n) is 3.61. The summed E-state index contributed by atoms with van der Waals surface area (Å²) in [5.74, 6) is 3.08. The van der Waals surface area contributed by atoms with Gasteiger partial charge in [-0.05, 0) is 55.9 Å². The molecule has 3 heteroatoms. The van der Waals surface area contributed by atoms with Crippen molar-refractivity contribution in [2.75, 3.05) is 6.54 Å². The highest BCUT2D eigenvalue weighted by Crippen LogP contribution is 2.40. The third kappa shape index (κ3) is 3.01.